The normalized spacial score (nSPS) is 13.3. The molecule has 2 amide bonds. The summed E-state index contributed by atoms with van der Waals surface area (Å²) >= 11 is 0. The lowest BCUT2D eigenvalue weighted by atomic mass is 10.1. The van der Waals surface area contributed by atoms with Crippen molar-refractivity contribution in [1.82, 2.24) is 14.7 Å². The van der Waals surface area contributed by atoms with Gasteiger partial charge in [0, 0.05) is 49.8 Å². The van der Waals surface area contributed by atoms with Crippen molar-refractivity contribution in [1.29, 1.82) is 0 Å². The summed E-state index contributed by atoms with van der Waals surface area (Å²) in [7, 11) is 0. The van der Waals surface area contributed by atoms with Crippen molar-refractivity contribution < 1.29 is 18.4 Å². The number of benzene rings is 1. The van der Waals surface area contributed by atoms with Crippen LogP contribution in [-0.2, 0) is 29.1 Å². The summed E-state index contributed by atoms with van der Waals surface area (Å²) in [5.74, 6) is -2.77. The number of anilines is 1. The monoisotopic (exact) mass is 362 g/mol. The quantitative estimate of drug-likeness (QED) is 0.885. The molecular formula is C17H16F2N4O3. The largest absolute Gasteiger partial charge is 0.338 e. The summed E-state index contributed by atoms with van der Waals surface area (Å²) < 4.78 is 27.1. The highest BCUT2D eigenvalue weighted by Crippen LogP contribution is 2.15. The number of nitrogens with zero attached hydrogens (tertiary/aromatic N) is 3. The van der Waals surface area contributed by atoms with E-state index in [1.165, 1.54) is 19.1 Å². The van der Waals surface area contributed by atoms with E-state index in [1.54, 1.807) is 4.90 Å². The third-order valence-electron chi connectivity index (χ3n) is 4.09. The summed E-state index contributed by atoms with van der Waals surface area (Å²) in [5, 5.41) is 6.58. The Hall–Kier alpha value is -3.10. The predicted molar refractivity (Wildman–Crippen MR) is 88.3 cm³/mol. The molecule has 9 heteroatoms. The van der Waals surface area contributed by atoms with Crippen LogP contribution in [0.4, 0.5) is 14.5 Å². The molecule has 0 bridgehead atoms. The van der Waals surface area contributed by atoms with Crippen LogP contribution in [0, 0.1) is 11.6 Å². The van der Waals surface area contributed by atoms with Gasteiger partial charge in [0.2, 0.25) is 11.8 Å². The molecule has 0 fully saturated rings. The maximum atomic E-state index is 13.2. The SMILES string of the molecule is CC(=O)N1CCc2nn(CC(=O)Nc3ccc(F)c(F)c3)c(=O)cc2C1. The lowest BCUT2D eigenvalue weighted by molar-refractivity contribution is -0.129. The van der Waals surface area contributed by atoms with Gasteiger partial charge in [-0.3, -0.25) is 14.4 Å². The highest BCUT2D eigenvalue weighted by Gasteiger charge is 2.21. The molecule has 1 N–H and O–H groups in total. The molecule has 0 unspecified atom stereocenters. The topological polar surface area (TPSA) is 84.3 Å². The maximum Gasteiger partial charge on any atom is 0.267 e. The molecule has 1 aromatic heterocycles. The van der Waals surface area contributed by atoms with Gasteiger partial charge in [0.15, 0.2) is 11.6 Å². The average molecular weight is 362 g/mol. The molecule has 0 aliphatic carbocycles. The van der Waals surface area contributed by atoms with Crippen molar-refractivity contribution in [3.8, 4) is 0 Å². The van der Waals surface area contributed by atoms with Gasteiger partial charge in [-0.15, -0.1) is 0 Å². The van der Waals surface area contributed by atoms with Crippen molar-refractivity contribution in [3.63, 3.8) is 0 Å². The number of carbonyl (C=O) groups excluding carboxylic acids is 2. The molecule has 1 aliphatic heterocycles. The molecule has 0 saturated carbocycles. The molecule has 2 aromatic rings. The third-order valence-corrected chi connectivity index (χ3v) is 4.09. The first-order valence-electron chi connectivity index (χ1n) is 7.94. The first kappa shape index (κ1) is 17.7. The molecule has 2 heterocycles. The van der Waals surface area contributed by atoms with Crippen LogP contribution in [0.15, 0.2) is 29.1 Å². The van der Waals surface area contributed by atoms with Gasteiger partial charge in [0.25, 0.3) is 5.56 Å². The number of amides is 2. The predicted octanol–water partition coefficient (Wildman–Crippen LogP) is 1.06. The second-order valence-electron chi connectivity index (χ2n) is 5.98. The molecule has 0 radical (unpaired) electrons. The zero-order chi connectivity index (χ0) is 18.8. The lowest BCUT2D eigenvalue weighted by Gasteiger charge is -2.27. The van der Waals surface area contributed by atoms with E-state index in [4.69, 9.17) is 0 Å². The zero-order valence-electron chi connectivity index (χ0n) is 14.0. The van der Waals surface area contributed by atoms with Gasteiger partial charge < -0.3 is 10.2 Å². The standard InChI is InChI=1S/C17H16F2N4O3/c1-10(24)22-5-4-15-11(8-22)6-17(26)23(21-15)9-16(25)20-12-2-3-13(18)14(19)7-12/h2-3,6-7H,4-5,8-9H2,1H3,(H,20,25). The molecule has 0 saturated heterocycles. The molecular weight excluding hydrogens is 346 g/mol. The first-order chi connectivity index (χ1) is 12.3. The van der Waals surface area contributed by atoms with Gasteiger partial charge in [-0.25, -0.2) is 13.5 Å². The van der Waals surface area contributed by atoms with E-state index < -0.39 is 23.1 Å². The number of hydrogen-bond acceptors (Lipinski definition) is 4. The number of nitrogens with one attached hydrogen (secondary N) is 1. The van der Waals surface area contributed by atoms with Crippen molar-refractivity contribution in [2.45, 2.75) is 26.4 Å². The molecule has 0 spiro atoms. The van der Waals surface area contributed by atoms with Gasteiger partial charge in [-0.05, 0) is 12.1 Å². The Labute approximate surface area is 147 Å². The number of aromatic nitrogens is 2. The van der Waals surface area contributed by atoms with E-state index in [0.29, 0.717) is 30.8 Å². The van der Waals surface area contributed by atoms with Crippen LogP contribution in [-0.4, -0.2) is 33.0 Å². The molecule has 1 aromatic carbocycles. The van der Waals surface area contributed by atoms with Gasteiger partial charge in [0.1, 0.15) is 6.54 Å². The molecule has 0 atom stereocenters. The Morgan fingerprint density at radius 2 is 2.00 bits per heavy atom. The Bertz CT molecular complexity index is 942. The number of rotatable bonds is 3. The highest BCUT2D eigenvalue weighted by atomic mass is 19.2. The minimum atomic E-state index is -1.08. The van der Waals surface area contributed by atoms with Crippen LogP contribution in [0.25, 0.3) is 0 Å². The van der Waals surface area contributed by atoms with E-state index in [9.17, 15) is 23.2 Å². The van der Waals surface area contributed by atoms with Gasteiger partial charge in [0.05, 0.1) is 5.69 Å². The van der Waals surface area contributed by atoms with Crippen LogP contribution >= 0.6 is 0 Å². The molecule has 136 valence electrons. The van der Waals surface area contributed by atoms with E-state index >= 15 is 0 Å². The van der Waals surface area contributed by atoms with Crippen LogP contribution < -0.4 is 10.9 Å². The van der Waals surface area contributed by atoms with Crippen molar-refractivity contribution in [3.05, 3.63) is 57.5 Å². The fourth-order valence-electron chi connectivity index (χ4n) is 2.73. The van der Waals surface area contributed by atoms with Crippen molar-refractivity contribution in [2.24, 2.45) is 0 Å². The number of fused-ring (bicyclic) bond motifs is 1. The smallest absolute Gasteiger partial charge is 0.267 e. The maximum absolute atomic E-state index is 13.2. The minimum absolute atomic E-state index is 0.0780. The summed E-state index contributed by atoms with van der Waals surface area (Å²) in [6, 6.07) is 4.33. The van der Waals surface area contributed by atoms with E-state index in [0.717, 1.165) is 16.8 Å². The van der Waals surface area contributed by atoms with Crippen LogP contribution in [0.2, 0.25) is 0 Å². The average Bonchev–Trinajstić information content (AvgIpc) is 2.58. The van der Waals surface area contributed by atoms with E-state index in [-0.39, 0.29) is 18.1 Å². The Morgan fingerprint density at radius 1 is 1.23 bits per heavy atom. The van der Waals surface area contributed by atoms with E-state index in [2.05, 4.69) is 10.4 Å². The highest BCUT2D eigenvalue weighted by molar-refractivity contribution is 5.90. The summed E-state index contributed by atoms with van der Waals surface area (Å²) in [5.41, 5.74) is 0.919. The molecule has 7 nitrogen and oxygen atoms in total. The molecule has 1 aliphatic rings. The third kappa shape index (κ3) is 3.76. The Balaban J connectivity index is 1.74. The minimum Gasteiger partial charge on any atom is -0.338 e. The number of hydrogen-bond donors (Lipinski definition) is 1. The Morgan fingerprint density at radius 3 is 2.69 bits per heavy atom. The second kappa shape index (κ2) is 7.03. The van der Waals surface area contributed by atoms with Gasteiger partial charge in [-0.2, -0.15) is 5.10 Å². The zero-order valence-corrected chi connectivity index (χ0v) is 14.0. The summed E-state index contributed by atoms with van der Waals surface area (Å²) in [6.07, 6.45) is 0.486. The van der Waals surface area contributed by atoms with Gasteiger partial charge >= 0.3 is 0 Å². The molecule has 3 rings (SSSR count). The fourth-order valence-corrected chi connectivity index (χ4v) is 2.73. The van der Waals surface area contributed by atoms with Crippen LogP contribution in [0.1, 0.15) is 18.2 Å². The summed E-state index contributed by atoms with van der Waals surface area (Å²) in [4.78, 5) is 37.3. The fraction of sp³-hybridized carbons (Fsp3) is 0.294. The molecule has 26 heavy (non-hydrogen) atoms. The van der Waals surface area contributed by atoms with Crippen LogP contribution in [0.3, 0.4) is 0 Å². The lowest BCUT2D eigenvalue weighted by Crippen LogP contribution is -2.38. The van der Waals surface area contributed by atoms with Crippen molar-refractivity contribution >= 4 is 17.5 Å². The summed E-state index contributed by atoms with van der Waals surface area (Å²) in [6.45, 7) is 1.91. The van der Waals surface area contributed by atoms with E-state index in [1.807, 2.05) is 0 Å². The first-order valence-corrected chi connectivity index (χ1v) is 7.94. The van der Waals surface area contributed by atoms with Gasteiger partial charge in [-0.1, -0.05) is 0 Å². The van der Waals surface area contributed by atoms with Crippen molar-refractivity contribution in [2.75, 3.05) is 11.9 Å². The Kier molecular flexibility index (Phi) is 4.79. The number of halogens is 2. The second-order valence-corrected chi connectivity index (χ2v) is 5.98. The van der Waals surface area contributed by atoms with Crippen LogP contribution in [0.5, 0.6) is 0 Å². The number of carbonyl (C=O) groups is 2.